The predicted molar refractivity (Wildman–Crippen MR) is 86.7 cm³/mol. The zero-order valence-electron chi connectivity index (χ0n) is 11.4. The Labute approximate surface area is 129 Å². The van der Waals surface area contributed by atoms with Crippen LogP contribution in [0.1, 0.15) is 23.5 Å². The van der Waals surface area contributed by atoms with E-state index >= 15 is 0 Å². The van der Waals surface area contributed by atoms with E-state index in [0.29, 0.717) is 5.92 Å². The van der Waals surface area contributed by atoms with Crippen molar-refractivity contribution in [2.45, 2.75) is 18.9 Å². The second kappa shape index (κ2) is 8.20. The highest BCUT2D eigenvalue weighted by molar-refractivity contribution is 9.10. The van der Waals surface area contributed by atoms with Gasteiger partial charge in [0, 0.05) is 24.2 Å². The third-order valence-electron chi connectivity index (χ3n) is 3.38. The Kier molecular flexibility index (Phi) is 6.25. The Bertz CT molecular complexity index is 498. The molecule has 2 nitrogen and oxygen atoms in total. The second-order valence-electron chi connectivity index (χ2n) is 4.88. The lowest BCUT2D eigenvalue weighted by Gasteiger charge is -2.17. The van der Waals surface area contributed by atoms with E-state index in [9.17, 15) is 5.11 Å². The van der Waals surface area contributed by atoms with Gasteiger partial charge in [-0.2, -0.15) is 0 Å². The van der Waals surface area contributed by atoms with Crippen LogP contribution >= 0.6 is 15.9 Å². The number of aliphatic hydroxyl groups is 1. The summed E-state index contributed by atoms with van der Waals surface area (Å²) >= 11 is 3.44. The van der Waals surface area contributed by atoms with Crippen molar-refractivity contribution in [1.29, 1.82) is 0 Å². The van der Waals surface area contributed by atoms with E-state index in [1.54, 1.807) is 0 Å². The fraction of sp³-hybridized carbons (Fsp3) is 0.294. The molecule has 0 spiro atoms. The first kappa shape index (κ1) is 15.2. The number of nitrogens with one attached hydrogen (secondary N) is 1. The SMILES string of the molecule is OCCC(CNCc1ccc(Br)cc1)c1ccccc1. The zero-order chi connectivity index (χ0) is 14.2. The van der Waals surface area contributed by atoms with E-state index in [-0.39, 0.29) is 6.61 Å². The maximum absolute atomic E-state index is 9.21. The van der Waals surface area contributed by atoms with Crippen LogP contribution in [0.4, 0.5) is 0 Å². The summed E-state index contributed by atoms with van der Waals surface area (Å²) in [6, 6.07) is 18.7. The molecular formula is C17H20BrNO. The molecule has 1 atom stereocenters. The minimum atomic E-state index is 0.222. The normalized spacial score (nSPS) is 12.3. The first-order chi connectivity index (χ1) is 9.79. The molecule has 0 saturated carbocycles. The standard InChI is InChI=1S/C17H20BrNO/c18-17-8-6-14(7-9-17)12-19-13-16(10-11-20)15-4-2-1-3-5-15/h1-9,16,19-20H,10-13H2. The highest BCUT2D eigenvalue weighted by Gasteiger charge is 2.10. The fourth-order valence-electron chi connectivity index (χ4n) is 2.26. The molecule has 0 saturated heterocycles. The van der Waals surface area contributed by atoms with Crippen LogP contribution in [0, 0.1) is 0 Å². The molecule has 1 unspecified atom stereocenters. The summed E-state index contributed by atoms with van der Waals surface area (Å²) in [4.78, 5) is 0. The zero-order valence-corrected chi connectivity index (χ0v) is 13.0. The Morgan fingerprint density at radius 3 is 2.35 bits per heavy atom. The van der Waals surface area contributed by atoms with Crippen molar-refractivity contribution in [3.8, 4) is 0 Å². The fourth-order valence-corrected chi connectivity index (χ4v) is 2.52. The van der Waals surface area contributed by atoms with Gasteiger partial charge in [0.15, 0.2) is 0 Å². The molecule has 0 heterocycles. The van der Waals surface area contributed by atoms with E-state index < -0.39 is 0 Å². The summed E-state index contributed by atoms with van der Waals surface area (Å²) in [7, 11) is 0. The lowest BCUT2D eigenvalue weighted by Crippen LogP contribution is -2.22. The molecule has 0 bridgehead atoms. The molecule has 0 aliphatic heterocycles. The number of benzene rings is 2. The summed E-state index contributed by atoms with van der Waals surface area (Å²) in [6.45, 7) is 1.95. The molecule has 0 aromatic heterocycles. The lowest BCUT2D eigenvalue weighted by molar-refractivity contribution is 0.273. The maximum Gasteiger partial charge on any atom is 0.0437 e. The molecule has 0 fully saturated rings. The van der Waals surface area contributed by atoms with Crippen molar-refractivity contribution in [2.75, 3.05) is 13.2 Å². The molecule has 106 valence electrons. The molecule has 2 aromatic rings. The average Bonchev–Trinajstić information content (AvgIpc) is 2.49. The van der Waals surface area contributed by atoms with E-state index in [2.05, 4.69) is 69.8 Å². The molecule has 2 rings (SSSR count). The summed E-state index contributed by atoms with van der Waals surface area (Å²) in [5.41, 5.74) is 2.55. The van der Waals surface area contributed by atoms with E-state index in [1.165, 1.54) is 11.1 Å². The molecule has 0 amide bonds. The van der Waals surface area contributed by atoms with E-state index in [0.717, 1.165) is 24.0 Å². The van der Waals surface area contributed by atoms with Gasteiger partial charge in [0.25, 0.3) is 0 Å². The van der Waals surface area contributed by atoms with Gasteiger partial charge in [-0.15, -0.1) is 0 Å². The molecule has 0 aliphatic carbocycles. The number of hydrogen-bond acceptors (Lipinski definition) is 2. The van der Waals surface area contributed by atoms with Crippen LogP contribution in [0.3, 0.4) is 0 Å². The quantitative estimate of drug-likeness (QED) is 0.809. The van der Waals surface area contributed by atoms with Crippen LogP contribution in [0.15, 0.2) is 59.1 Å². The van der Waals surface area contributed by atoms with Crippen molar-refractivity contribution in [1.82, 2.24) is 5.32 Å². The van der Waals surface area contributed by atoms with Gasteiger partial charge in [-0.25, -0.2) is 0 Å². The Balaban J connectivity index is 1.88. The number of rotatable bonds is 7. The van der Waals surface area contributed by atoms with Crippen molar-refractivity contribution in [2.24, 2.45) is 0 Å². The molecule has 2 aromatic carbocycles. The second-order valence-corrected chi connectivity index (χ2v) is 5.79. The predicted octanol–water partition coefficient (Wildman–Crippen LogP) is 3.70. The first-order valence-corrected chi connectivity index (χ1v) is 7.70. The van der Waals surface area contributed by atoms with Crippen molar-refractivity contribution >= 4 is 15.9 Å². The topological polar surface area (TPSA) is 32.3 Å². The van der Waals surface area contributed by atoms with Gasteiger partial charge in [-0.05, 0) is 35.6 Å². The number of hydrogen-bond donors (Lipinski definition) is 2. The number of halogens is 1. The van der Waals surface area contributed by atoms with Crippen LogP contribution in [0.5, 0.6) is 0 Å². The molecule has 0 aliphatic rings. The Hall–Kier alpha value is -1.16. The van der Waals surface area contributed by atoms with Crippen LogP contribution in [-0.4, -0.2) is 18.3 Å². The van der Waals surface area contributed by atoms with Crippen molar-refractivity contribution < 1.29 is 5.11 Å². The van der Waals surface area contributed by atoms with Crippen LogP contribution < -0.4 is 5.32 Å². The van der Waals surface area contributed by atoms with Gasteiger partial charge in [0.2, 0.25) is 0 Å². The summed E-state index contributed by atoms with van der Waals surface area (Å²) in [6.07, 6.45) is 0.789. The monoisotopic (exact) mass is 333 g/mol. The van der Waals surface area contributed by atoms with Gasteiger partial charge in [-0.3, -0.25) is 0 Å². The van der Waals surface area contributed by atoms with Crippen molar-refractivity contribution in [3.05, 3.63) is 70.2 Å². The Morgan fingerprint density at radius 2 is 1.70 bits per heavy atom. The third-order valence-corrected chi connectivity index (χ3v) is 3.91. The van der Waals surface area contributed by atoms with E-state index in [1.807, 2.05) is 6.07 Å². The van der Waals surface area contributed by atoms with Crippen LogP contribution in [0.2, 0.25) is 0 Å². The lowest BCUT2D eigenvalue weighted by atomic mass is 9.96. The Morgan fingerprint density at radius 1 is 1.00 bits per heavy atom. The molecular weight excluding hydrogens is 314 g/mol. The van der Waals surface area contributed by atoms with E-state index in [4.69, 9.17) is 0 Å². The maximum atomic E-state index is 9.21. The third kappa shape index (κ3) is 4.75. The van der Waals surface area contributed by atoms with Gasteiger partial charge in [0.1, 0.15) is 0 Å². The summed E-state index contributed by atoms with van der Waals surface area (Å²) in [5, 5.41) is 12.7. The van der Waals surface area contributed by atoms with Crippen molar-refractivity contribution in [3.63, 3.8) is 0 Å². The molecule has 2 N–H and O–H groups in total. The van der Waals surface area contributed by atoms with Crippen LogP contribution in [0.25, 0.3) is 0 Å². The van der Waals surface area contributed by atoms with Gasteiger partial charge < -0.3 is 10.4 Å². The summed E-state index contributed by atoms with van der Waals surface area (Å²) in [5.74, 6) is 0.358. The smallest absolute Gasteiger partial charge is 0.0437 e. The van der Waals surface area contributed by atoms with Gasteiger partial charge >= 0.3 is 0 Å². The minimum Gasteiger partial charge on any atom is -0.396 e. The highest BCUT2D eigenvalue weighted by atomic mass is 79.9. The number of aliphatic hydroxyl groups excluding tert-OH is 1. The highest BCUT2D eigenvalue weighted by Crippen LogP contribution is 2.18. The van der Waals surface area contributed by atoms with Gasteiger partial charge in [0.05, 0.1) is 0 Å². The average molecular weight is 334 g/mol. The first-order valence-electron chi connectivity index (χ1n) is 6.90. The largest absolute Gasteiger partial charge is 0.396 e. The van der Waals surface area contributed by atoms with Crippen LogP contribution in [-0.2, 0) is 6.54 Å². The minimum absolute atomic E-state index is 0.222. The van der Waals surface area contributed by atoms with Gasteiger partial charge in [-0.1, -0.05) is 58.4 Å². The molecule has 20 heavy (non-hydrogen) atoms. The summed E-state index contributed by atoms with van der Waals surface area (Å²) < 4.78 is 1.10. The molecule has 0 radical (unpaired) electrons. The molecule has 3 heteroatoms.